The molecule has 0 radical (unpaired) electrons. The Morgan fingerprint density at radius 1 is 0.587 bits per heavy atom. The molecule has 2 aromatic heterocycles. The van der Waals surface area contributed by atoms with Gasteiger partial charge in [0.25, 0.3) is 0 Å². The zero-order chi connectivity index (χ0) is 30.8. The standard InChI is InChI=1S/C40H26BrN3S2/c1-44-39(25-8-3-2-4-9-25)42-38(27-18-20-34-31(22-27)30-10-5-6-12-33(30)45-34)43-40(44)26-16-14-24(15-17-26)29-11-7-13-36-37(29)32-23-28(41)19-21-35(32)46-36/h2-23,40H,1H3. The van der Waals surface area contributed by atoms with Gasteiger partial charge in [-0.2, -0.15) is 0 Å². The molecule has 0 spiro atoms. The average Bonchev–Trinajstić information content (AvgIpc) is 3.66. The highest BCUT2D eigenvalue weighted by Gasteiger charge is 2.27. The number of thiophene rings is 2. The summed E-state index contributed by atoms with van der Waals surface area (Å²) in [6, 6.07) is 47.8. The summed E-state index contributed by atoms with van der Waals surface area (Å²) in [5.41, 5.74) is 5.67. The van der Waals surface area contributed by atoms with Gasteiger partial charge in [-0.3, -0.25) is 0 Å². The Bertz CT molecular complexity index is 2510. The van der Waals surface area contributed by atoms with Crippen molar-refractivity contribution in [2.45, 2.75) is 6.17 Å². The van der Waals surface area contributed by atoms with Gasteiger partial charge in [0, 0.05) is 63.0 Å². The van der Waals surface area contributed by atoms with Crippen molar-refractivity contribution in [3.05, 3.63) is 155 Å². The van der Waals surface area contributed by atoms with Crippen LogP contribution in [0, 0.1) is 0 Å². The van der Waals surface area contributed by atoms with Crippen molar-refractivity contribution in [3.8, 4) is 11.1 Å². The number of nitrogens with zero attached hydrogens (tertiary/aromatic N) is 3. The molecule has 0 fully saturated rings. The fraction of sp³-hybridized carbons (Fsp3) is 0.0500. The molecule has 8 aromatic rings. The summed E-state index contributed by atoms with van der Waals surface area (Å²) in [6.07, 6.45) is -0.222. The van der Waals surface area contributed by atoms with Crippen molar-refractivity contribution in [1.82, 2.24) is 4.90 Å². The van der Waals surface area contributed by atoms with Crippen LogP contribution in [0.3, 0.4) is 0 Å². The van der Waals surface area contributed by atoms with Crippen LogP contribution in [0.4, 0.5) is 0 Å². The van der Waals surface area contributed by atoms with E-state index in [0.29, 0.717) is 0 Å². The van der Waals surface area contributed by atoms with Crippen molar-refractivity contribution in [2.75, 3.05) is 7.05 Å². The minimum Gasteiger partial charge on any atom is -0.333 e. The van der Waals surface area contributed by atoms with Gasteiger partial charge in [0.1, 0.15) is 12.0 Å². The topological polar surface area (TPSA) is 28.0 Å². The highest BCUT2D eigenvalue weighted by Crippen LogP contribution is 2.41. The van der Waals surface area contributed by atoms with Gasteiger partial charge in [-0.15, -0.1) is 22.7 Å². The van der Waals surface area contributed by atoms with Crippen LogP contribution in [0.1, 0.15) is 22.9 Å². The molecule has 0 N–H and O–H groups in total. The lowest BCUT2D eigenvalue weighted by Crippen LogP contribution is -2.35. The van der Waals surface area contributed by atoms with Gasteiger partial charge in [-0.1, -0.05) is 101 Å². The van der Waals surface area contributed by atoms with E-state index >= 15 is 0 Å². The molecule has 1 atom stereocenters. The number of aliphatic imine (C=N–C) groups is 2. The number of benzene rings is 6. The Labute approximate surface area is 282 Å². The Morgan fingerprint density at radius 2 is 1.28 bits per heavy atom. The van der Waals surface area contributed by atoms with Crippen LogP contribution in [-0.2, 0) is 0 Å². The van der Waals surface area contributed by atoms with Crippen molar-refractivity contribution < 1.29 is 0 Å². The zero-order valence-electron chi connectivity index (χ0n) is 24.8. The van der Waals surface area contributed by atoms with Gasteiger partial charge >= 0.3 is 0 Å². The van der Waals surface area contributed by atoms with Crippen LogP contribution in [0.2, 0.25) is 0 Å². The molecular formula is C40H26BrN3S2. The summed E-state index contributed by atoms with van der Waals surface area (Å²) in [7, 11) is 2.09. The van der Waals surface area contributed by atoms with E-state index in [1.54, 1.807) is 0 Å². The SMILES string of the molecule is CN1C(c2ccccc2)=NC(c2ccc3sc4ccccc4c3c2)=NC1c1ccc(-c2cccc3sc4ccc(Br)cc4c23)cc1. The van der Waals surface area contributed by atoms with E-state index in [9.17, 15) is 0 Å². The van der Waals surface area contributed by atoms with Crippen LogP contribution in [0.25, 0.3) is 51.5 Å². The molecule has 6 aromatic carbocycles. The minimum atomic E-state index is -0.222. The first-order valence-corrected chi connectivity index (χ1v) is 17.6. The number of hydrogen-bond acceptors (Lipinski definition) is 5. The molecule has 9 rings (SSSR count). The molecule has 3 nitrogen and oxygen atoms in total. The molecule has 1 aliphatic heterocycles. The quantitative estimate of drug-likeness (QED) is 0.180. The molecule has 0 saturated carbocycles. The predicted molar refractivity (Wildman–Crippen MR) is 202 cm³/mol. The molecule has 1 aliphatic rings. The van der Waals surface area contributed by atoms with Gasteiger partial charge in [-0.05, 0) is 65.2 Å². The monoisotopic (exact) mass is 691 g/mol. The van der Waals surface area contributed by atoms with E-state index in [1.165, 1.54) is 51.5 Å². The third-order valence-electron chi connectivity index (χ3n) is 8.80. The lowest BCUT2D eigenvalue weighted by atomic mass is 9.98. The van der Waals surface area contributed by atoms with Gasteiger partial charge in [0.05, 0.1) is 0 Å². The number of hydrogen-bond donors (Lipinski definition) is 0. The molecule has 0 aliphatic carbocycles. The summed E-state index contributed by atoms with van der Waals surface area (Å²) in [6.45, 7) is 0. The summed E-state index contributed by atoms with van der Waals surface area (Å²) in [5.74, 6) is 1.67. The largest absolute Gasteiger partial charge is 0.333 e. The first-order valence-electron chi connectivity index (χ1n) is 15.2. The van der Waals surface area contributed by atoms with E-state index in [-0.39, 0.29) is 6.17 Å². The van der Waals surface area contributed by atoms with Crippen molar-refractivity contribution in [1.29, 1.82) is 0 Å². The molecule has 46 heavy (non-hydrogen) atoms. The molecule has 220 valence electrons. The van der Waals surface area contributed by atoms with E-state index < -0.39 is 0 Å². The van der Waals surface area contributed by atoms with Gasteiger partial charge in [0.15, 0.2) is 5.84 Å². The molecular weight excluding hydrogens is 666 g/mol. The fourth-order valence-corrected chi connectivity index (χ4v) is 9.12. The molecule has 3 heterocycles. The summed E-state index contributed by atoms with van der Waals surface area (Å²) < 4.78 is 6.27. The van der Waals surface area contributed by atoms with Gasteiger partial charge < -0.3 is 4.90 Å². The van der Waals surface area contributed by atoms with Crippen LogP contribution in [-0.4, -0.2) is 23.6 Å². The maximum absolute atomic E-state index is 5.30. The summed E-state index contributed by atoms with van der Waals surface area (Å²) >= 11 is 7.36. The van der Waals surface area contributed by atoms with E-state index in [1.807, 2.05) is 28.7 Å². The summed E-state index contributed by atoms with van der Waals surface area (Å²) in [5, 5.41) is 5.12. The number of fused-ring (bicyclic) bond motifs is 6. The highest BCUT2D eigenvalue weighted by molar-refractivity contribution is 9.10. The molecule has 1 unspecified atom stereocenters. The Kier molecular flexibility index (Phi) is 6.63. The van der Waals surface area contributed by atoms with Gasteiger partial charge in [-0.25, -0.2) is 9.98 Å². The fourth-order valence-electron chi connectivity index (χ4n) is 6.56. The zero-order valence-corrected chi connectivity index (χ0v) is 28.0. The maximum Gasteiger partial charge on any atom is 0.159 e. The van der Waals surface area contributed by atoms with E-state index in [0.717, 1.165) is 32.8 Å². The number of rotatable bonds is 4. The van der Waals surface area contributed by atoms with Crippen molar-refractivity contribution >= 4 is 90.6 Å². The number of halogens is 1. The van der Waals surface area contributed by atoms with Crippen LogP contribution < -0.4 is 0 Å². The maximum atomic E-state index is 5.30. The highest BCUT2D eigenvalue weighted by atomic mass is 79.9. The van der Waals surface area contributed by atoms with Crippen molar-refractivity contribution in [2.24, 2.45) is 9.98 Å². The smallest absolute Gasteiger partial charge is 0.159 e. The lowest BCUT2D eigenvalue weighted by molar-refractivity contribution is 0.383. The Morgan fingerprint density at radius 3 is 2.15 bits per heavy atom. The first-order chi connectivity index (χ1) is 22.6. The second kappa shape index (κ2) is 11.0. The second-order valence-corrected chi connectivity index (χ2v) is 14.7. The summed E-state index contributed by atoms with van der Waals surface area (Å²) in [4.78, 5) is 12.7. The van der Waals surface area contributed by atoms with Crippen LogP contribution >= 0.6 is 38.6 Å². The Hall–Kier alpha value is -4.62. The molecule has 0 amide bonds. The molecule has 0 saturated heterocycles. The van der Waals surface area contributed by atoms with E-state index in [2.05, 4.69) is 155 Å². The molecule has 6 heteroatoms. The minimum absolute atomic E-state index is 0.222. The molecule has 0 bridgehead atoms. The second-order valence-electron chi connectivity index (χ2n) is 11.6. The first kappa shape index (κ1) is 27.7. The third kappa shape index (κ3) is 4.59. The third-order valence-corrected chi connectivity index (χ3v) is 11.6. The number of amidine groups is 2. The van der Waals surface area contributed by atoms with Crippen LogP contribution in [0.5, 0.6) is 0 Å². The average molecular weight is 693 g/mol. The van der Waals surface area contributed by atoms with E-state index in [4.69, 9.17) is 9.98 Å². The lowest BCUT2D eigenvalue weighted by Gasteiger charge is -2.32. The van der Waals surface area contributed by atoms with Gasteiger partial charge in [0.2, 0.25) is 0 Å². The van der Waals surface area contributed by atoms with Crippen molar-refractivity contribution in [3.63, 3.8) is 0 Å². The van der Waals surface area contributed by atoms with Crippen LogP contribution in [0.15, 0.2) is 148 Å². The normalized spacial score (nSPS) is 15.2. The Balaban J connectivity index is 1.15. The predicted octanol–water partition coefficient (Wildman–Crippen LogP) is 11.7.